The van der Waals surface area contributed by atoms with Gasteiger partial charge in [0.15, 0.2) is 0 Å². The summed E-state index contributed by atoms with van der Waals surface area (Å²) in [4.78, 5) is 10.6. The summed E-state index contributed by atoms with van der Waals surface area (Å²) < 4.78 is 1.07. The number of carbonyl (C=O) groups is 1. The standard InChI is InChI=1S/C12H14BrNO2/c13-10-5-8(11(14)6-12(15)16)4-7-2-1-3-9(7)10/h4-5,11H,1-3,6,14H2,(H,15,16). The fraction of sp³-hybridized carbons (Fsp3) is 0.417. The number of hydrogen-bond acceptors (Lipinski definition) is 2. The molecule has 0 spiro atoms. The maximum atomic E-state index is 10.6. The first kappa shape index (κ1) is 11.6. The highest BCUT2D eigenvalue weighted by Crippen LogP contribution is 2.32. The molecule has 1 atom stereocenters. The molecule has 0 saturated carbocycles. The summed E-state index contributed by atoms with van der Waals surface area (Å²) in [6.07, 6.45) is 3.32. The molecule has 0 heterocycles. The van der Waals surface area contributed by atoms with Crippen LogP contribution in [0.25, 0.3) is 0 Å². The average Bonchev–Trinajstić information content (AvgIpc) is 2.64. The molecule has 0 aromatic heterocycles. The quantitative estimate of drug-likeness (QED) is 0.896. The summed E-state index contributed by atoms with van der Waals surface area (Å²) in [6.45, 7) is 0. The number of hydrogen-bond donors (Lipinski definition) is 2. The minimum absolute atomic E-state index is 0.0226. The highest BCUT2D eigenvalue weighted by atomic mass is 79.9. The van der Waals surface area contributed by atoms with E-state index < -0.39 is 12.0 Å². The molecule has 3 nitrogen and oxygen atoms in total. The van der Waals surface area contributed by atoms with Crippen LogP contribution in [0.3, 0.4) is 0 Å². The summed E-state index contributed by atoms with van der Waals surface area (Å²) in [5.41, 5.74) is 9.43. The number of aryl methyl sites for hydroxylation is 1. The van der Waals surface area contributed by atoms with E-state index in [1.807, 2.05) is 6.07 Å². The number of fused-ring (bicyclic) bond motifs is 1. The zero-order valence-electron chi connectivity index (χ0n) is 8.87. The predicted molar refractivity (Wildman–Crippen MR) is 65.3 cm³/mol. The van der Waals surface area contributed by atoms with Gasteiger partial charge in [0.05, 0.1) is 6.42 Å². The monoisotopic (exact) mass is 283 g/mol. The molecule has 1 unspecified atom stereocenters. The van der Waals surface area contributed by atoms with E-state index in [-0.39, 0.29) is 6.42 Å². The highest BCUT2D eigenvalue weighted by Gasteiger charge is 2.18. The summed E-state index contributed by atoms with van der Waals surface area (Å²) in [5, 5.41) is 8.72. The number of carboxylic acids is 1. The number of carboxylic acid groups (broad SMARTS) is 1. The van der Waals surface area contributed by atoms with Crippen molar-refractivity contribution in [1.29, 1.82) is 0 Å². The largest absolute Gasteiger partial charge is 0.481 e. The molecule has 1 aliphatic rings. The lowest BCUT2D eigenvalue weighted by atomic mass is 10.00. The Morgan fingerprint density at radius 3 is 2.94 bits per heavy atom. The summed E-state index contributed by atoms with van der Waals surface area (Å²) in [5.74, 6) is -0.857. The first-order valence-corrected chi connectivity index (χ1v) is 6.16. The third kappa shape index (κ3) is 2.28. The molecular weight excluding hydrogens is 270 g/mol. The molecule has 4 heteroatoms. The number of nitrogens with two attached hydrogens (primary N) is 1. The number of halogens is 1. The van der Waals surface area contributed by atoms with Crippen LogP contribution in [0.1, 0.15) is 35.6 Å². The van der Waals surface area contributed by atoms with Crippen molar-refractivity contribution in [1.82, 2.24) is 0 Å². The normalized spacial score (nSPS) is 15.9. The van der Waals surface area contributed by atoms with Gasteiger partial charge in [-0.1, -0.05) is 22.0 Å². The molecule has 0 aliphatic heterocycles. The molecule has 1 aliphatic carbocycles. The minimum Gasteiger partial charge on any atom is -0.481 e. The van der Waals surface area contributed by atoms with Gasteiger partial charge in [-0.05, 0) is 42.0 Å². The third-order valence-corrected chi connectivity index (χ3v) is 3.71. The van der Waals surface area contributed by atoms with Crippen molar-refractivity contribution in [2.75, 3.05) is 0 Å². The van der Waals surface area contributed by atoms with Gasteiger partial charge in [0.25, 0.3) is 0 Å². The minimum atomic E-state index is -0.857. The van der Waals surface area contributed by atoms with Gasteiger partial charge in [-0.2, -0.15) is 0 Å². The number of aliphatic carboxylic acids is 1. The molecule has 0 saturated heterocycles. The van der Waals surface area contributed by atoms with Crippen LogP contribution in [0, 0.1) is 0 Å². The molecule has 0 fully saturated rings. The number of rotatable bonds is 3. The van der Waals surface area contributed by atoms with E-state index in [4.69, 9.17) is 10.8 Å². The van der Waals surface area contributed by atoms with E-state index in [2.05, 4.69) is 22.0 Å². The zero-order chi connectivity index (χ0) is 11.7. The Labute approximate surface area is 103 Å². The predicted octanol–water partition coefficient (Wildman–Crippen LogP) is 2.41. The molecule has 0 amide bonds. The molecule has 86 valence electrons. The third-order valence-electron chi connectivity index (χ3n) is 3.01. The Kier molecular flexibility index (Phi) is 3.30. The Balaban J connectivity index is 2.29. The van der Waals surface area contributed by atoms with Crippen molar-refractivity contribution in [2.24, 2.45) is 5.73 Å². The Bertz CT molecular complexity index is 431. The summed E-state index contributed by atoms with van der Waals surface area (Å²) >= 11 is 3.53. The first-order valence-electron chi connectivity index (χ1n) is 5.36. The van der Waals surface area contributed by atoms with E-state index in [1.54, 1.807) is 0 Å². The summed E-state index contributed by atoms with van der Waals surface area (Å²) in [6, 6.07) is 3.60. The fourth-order valence-electron chi connectivity index (χ4n) is 2.20. The molecule has 3 N–H and O–H groups in total. The van der Waals surface area contributed by atoms with Crippen LogP contribution in [0.15, 0.2) is 16.6 Å². The van der Waals surface area contributed by atoms with Crippen LogP contribution < -0.4 is 5.73 Å². The summed E-state index contributed by atoms with van der Waals surface area (Å²) in [7, 11) is 0. The SMILES string of the molecule is NC(CC(=O)O)c1cc(Br)c2c(c1)CCC2. The van der Waals surface area contributed by atoms with Gasteiger partial charge in [0.2, 0.25) is 0 Å². The molecule has 0 radical (unpaired) electrons. The lowest BCUT2D eigenvalue weighted by molar-refractivity contribution is -0.137. The van der Waals surface area contributed by atoms with E-state index >= 15 is 0 Å². The maximum Gasteiger partial charge on any atom is 0.305 e. The lowest BCUT2D eigenvalue weighted by Crippen LogP contribution is -2.15. The second kappa shape index (κ2) is 4.55. The van der Waals surface area contributed by atoms with Gasteiger partial charge >= 0.3 is 5.97 Å². The Morgan fingerprint density at radius 2 is 2.25 bits per heavy atom. The van der Waals surface area contributed by atoms with Crippen LogP contribution in [0.5, 0.6) is 0 Å². The Morgan fingerprint density at radius 1 is 1.50 bits per heavy atom. The van der Waals surface area contributed by atoms with Gasteiger partial charge < -0.3 is 10.8 Å². The van der Waals surface area contributed by atoms with Crippen molar-refractivity contribution in [3.63, 3.8) is 0 Å². The van der Waals surface area contributed by atoms with Crippen molar-refractivity contribution in [3.8, 4) is 0 Å². The van der Waals surface area contributed by atoms with Crippen LogP contribution in [-0.2, 0) is 17.6 Å². The topological polar surface area (TPSA) is 63.3 Å². The van der Waals surface area contributed by atoms with Gasteiger partial charge in [-0.15, -0.1) is 0 Å². The maximum absolute atomic E-state index is 10.6. The number of benzene rings is 1. The molecule has 16 heavy (non-hydrogen) atoms. The molecule has 2 rings (SSSR count). The molecular formula is C12H14BrNO2. The van der Waals surface area contributed by atoms with Gasteiger partial charge in [0, 0.05) is 10.5 Å². The zero-order valence-corrected chi connectivity index (χ0v) is 10.5. The van der Waals surface area contributed by atoms with Crippen molar-refractivity contribution >= 4 is 21.9 Å². The molecule has 1 aromatic rings. The van der Waals surface area contributed by atoms with Crippen LogP contribution in [-0.4, -0.2) is 11.1 Å². The van der Waals surface area contributed by atoms with Crippen LogP contribution >= 0.6 is 15.9 Å². The van der Waals surface area contributed by atoms with Crippen LogP contribution in [0.4, 0.5) is 0 Å². The highest BCUT2D eigenvalue weighted by molar-refractivity contribution is 9.10. The van der Waals surface area contributed by atoms with Crippen molar-refractivity contribution < 1.29 is 9.90 Å². The van der Waals surface area contributed by atoms with E-state index in [0.29, 0.717) is 0 Å². The van der Waals surface area contributed by atoms with E-state index in [1.165, 1.54) is 17.5 Å². The van der Waals surface area contributed by atoms with Gasteiger partial charge in [0.1, 0.15) is 0 Å². The average molecular weight is 284 g/mol. The van der Waals surface area contributed by atoms with Crippen LogP contribution in [0.2, 0.25) is 0 Å². The van der Waals surface area contributed by atoms with Crippen molar-refractivity contribution in [3.05, 3.63) is 33.3 Å². The Hall–Kier alpha value is -0.870. The second-order valence-corrected chi connectivity index (χ2v) is 5.05. The second-order valence-electron chi connectivity index (χ2n) is 4.20. The first-order chi connectivity index (χ1) is 7.58. The van der Waals surface area contributed by atoms with Crippen molar-refractivity contribution in [2.45, 2.75) is 31.7 Å². The lowest BCUT2D eigenvalue weighted by Gasteiger charge is -2.12. The molecule has 1 aromatic carbocycles. The molecule has 0 bridgehead atoms. The van der Waals surface area contributed by atoms with E-state index in [9.17, 15) is 4.79 Å². The fourth-order valence-corrected chi connectivity index (χ4v) is 2.91. The van der Waals surface area contributed by atoms with Gasteiger partial charge in [-0.25, -0.2) is 0 Å². The van der Waals surface area contributed by atoms with E-state index in [0.717, 1.165) is 22.9 Å². The smallest absolute Gasteiger partial charge is 0.305 e. The van der Waals surface area contributed by atoms with Gasteiger partial charge in [-0.3, -0.25) is 4.79 Å².